The fraction of sp³-hybridized carbons (Fsp3) is 0.562. The van der Waals surface area contributed by atoms with E-state index in [4.69, 9.17) is 11.6 Å². The van der Waals surface area contributed by atoms with Crippen LogP contribution in [0.4, 0.5) is 4.39 Å². The fourth-order valence-electron chi connectivity index (χ4n) is 2.95. The molecular weight excluding hydrogens is 357 g/mol. The number of rotatable bonds is 5. The first kappa shape index (κ1) is 16.8. The van der Waals surface area contributed by atoms with Crippen LogP contribution in [0.3, 0.4) is 0 Å². The third-order valence-electron chi connectivity index (χ3n) is 4.05. The lowest BCUT2D eigenvalue weighted by molar-refractivity contribution is -0.133. The maximum absolute atomic E-state index is 13.8. The second-order valence-corrected chi connectivity index (χ2v) is 6.65. The van der Waals surface area contributed by atoms with Crippen LogP contribution in [0.1, 0.15) is 37.7 Å². The Morgan fingerprint density at radius 2 is 2.05 bits per heavy atom. The first-order valence-corrected chi connectivity index (χ1v) is 8.91. The highest BCUT2D eigenvalue weighted by molar-refractivity contribution is 9.09. The predicted molar refractivity (Wildman–Crippen MR) is 87.5 cm³/mol. The number of nitrogens with zero attached hydrogens (tertiary/aromatic N) is 1. The number of carbonyl (C=O) groups excluding carboxylic acids is 1. The summed E-state index contributed by atoms with van der Waals surface area (Å²) in [5, 5.41) is 1.06. The summed E-state index contributed by atoms with van der Waals surface area (Å²) in [5.41, 5.74) is 0.305. The van der Waals surface area contributed by atoms with Gasteiger partial charge in [0.25, 0.3) is 0 Å². The molecule has 0 unspecified atom stereocenters. The second kappa shape index (κ2) is 8.14. The van der Waals surface area contributed by atoms with Crippen molar-refractivity contribution in [2.75, 3.05) is 11.9 Å². The molecule has 2 rings (SSSR count). The van der Waals surface area contributed by atoms with E-state index in [1.165, 1.54) is 12.5 Å². The van der Waals surface area contributed by atoms with Gasteiger partial charge in [0.05, 0.1) is 6.42 Å². The Morgan fingerprint density at radius 3 is 2.67 bits per heavy atom. The van der Waals surface area contributed by atoms with E-state index in [0.29, 0.717) is 17.1 Å². The molecule has 21 heavy (non-hydrogen) atoms. The zero-order valence-corrected chi connectivity index (χ0v) is 14.3. The minimum absolute atomic E-state index is 0.0339. The van der Waals surface area contributed by atoms with Gasteiger partial charge in [0.1, 0.15) is 5.82 Å². The highest BCUT2D eigenvalue weighted by Gasteiger charge is 2.26. The molecule has 1 fully saturated rings. The van der Waals surface area contributed by atoms with Crippen molar-refractivity contribution in [3.63, 3.8) is 0 Å². The molecule has 1 aliphatic carbocycles. The van der Waals surface area contributed by atoms with Gasteiger partial charge in [-0.1, -0.05) is 52.9 Å². The summed E-state index contributed by atoms with van der Waals surface area (Å²) in [7, 11) is 0. The van der Waals surface area contributed by atoms with Crippen LogP contribution in [-0.4, -0.2) is 28.7 Å². The first-order chi connectivity index (χ1) is 10.1. The number of hydrogen-bond acceptors (Lipinski definition) is 1. The Bertz CT molecular complexity index is 471. The maximum Gasteiger partial charge on any atom is 0.227 e. The topological polar surface area (TPSA) is 20.3 Å². The predicted octanol–water partition coefficient (Wildman–Crippen LogP) is 4.58. The number of amides is 1. The lowest BCUT2D eigenvalue weighted by Crippen LogP contribution is -2.43. The van der Waals surface area contributed by atoms with Gasteiger partial charge in [0.2, 0.25) is 5.91 Å². The lowest BCUT2D eigenvalue weighted by atomic mass is 9.93. The third kappa shape index (κ3) is 4.43. The van der Waals surface area contributed by atoms with Gasteiger partial charge in [-0.15, -0.1) is 0 Å². The van der Waals surface area contributed by atoms with E-state index in [2.05, 4.69) is 15.9 Å². The summed E-state index contributed by atoms with van der Waals surface area (Å²) in [6.45, 7) is 0.662. The molecule has 1 aromatic rings. The van der Waals surface area contributed by atoms with Crippen LogP contribution in [0.15, 0.2) is 18.2 Å². The fourth-order valence-corrected chi connectivity index (χ4v) is 3.56. The van der Waals surface area contributed by atoms with E-state index < -0.39 is 5.82 Å². The van der Waals surface area contributed by atoms with Crippen molar-refractivity contribution in [2.24, 2.45) is 0 Å². The molecule has 1 aromatic carbocycles. The van der Waals surface area contributed by atoms with E-state index in [0.717, 1.165) is 31.0 Å². The molecule has 0 aliphatic heterocycles. The van der Waals surface area contributed by atoms with Crippen LogP contribution in [0.2, 0.25) is 5.02 Å². The molecule has 1 aliphatic rings. The van der Waals surface area contributed by atoms with Gasteiger partial charge in [0.15, 0.2) is 0 Å². The van der Waals surface area contributed by atoms with Crippen LogP contribution in [-0.2, 0) is 11.2 Å². The normalized spacial score (nSPS) is 16.0. The second-order valence-electron chi connectivity index (χ2n) is 5.44. The highest BCUT2D eigenvalue weighted by Crippen LogP contribution is 2.25. The summed E-state index contributed by atoms with van der Waals surface area (Å²) >= 11 is 9.43. The molecule has 1 amide bonds. The summed E-state index contributed by atoms with van der Waals surface area (Å²) < 4.78 is 13.8. The van der Waals surface area contributed by atoms with Crippen LogP contribution >= 0.6 is 27.5 Å². The van der Waals surface area contributed by atoms with Crippen LogP contribution < -0.4 is 0 Å². The minimum Gasteiger partial charge on any atom is -0.339 e. The Balaban J connectivity index is 2.11. The van der Waals surface area contributed by atoms with E-state index >= 15 is 0 Å². The van der Waals surface area contributed by atoms with E-state index in [1.54, 1.807) is 12.1 Å². The van der Waals surface area contributed by atoms with Gasteiger partial charge in [-0.3, -0.25) is 4.79 Å². The van der Waals surface area contributed by atoms with Gasteiger partial charge in [-0.25, -0.2) is 4.39 Å². The first-order valence-electron chi connectivity index (χ1n) is 7.42. The van der Waals surface area contributed by atoms with Crippen molar-refractivity contribution in [2.45, 2.75) is 44.6 Å². The highest BCUT2D eigenvalue weighted by atomic mass is 79.9. The Labute approximate surface area is 138 Å². The van der Waals surface area contributed by atoms with Gasteiger partial charge in [-0.05, 0) is 25.0 Å². The van der Waals surface area contributed by atoms with Crippen molar-refractivity contribution >= 4 is 33.4 Å². The smallest absolute Gasteiger partial charge is 0.227 e. The van der Waals surface area contributed by atoms with Gasteiger partial charge < -0.3 is 4.90 Å². The van der Waals surface area contributed by atoms with E-state index in [9.17, 15) is 9.18 Å². The monoisotopic (exact) mass is 375 g/mol. The zero-order valence-electron chi connectivity index (χ0n) is 12.0. The SMILES string of the molecule is O=C(Cc1c(F)cccc1Cl)N(CCBr)C1CCCCC1. The Morgan fingerprint density at radius 1 is 1.33 bits per heavy atom. The maximum atomic E-state index is 13.8. The van der Waals surface area contributed by atoms with Gasteiger partial charge >= 0.3 is 0 Å². The van der Waals surface area contributed by atoms with Crippen LogP contribution in [0.5, 0.6) is 0 Å². The minimum atomic E-state index is -0.404. The zero-order chi connectivity index (χ0) is 15.2. The molecule has 0 bridgehead atoms. The van der Waals surface area contributed by atoms with Crippen molar-refractivity contribution < 1.29 is 9.18 Å². The summed E-state index contributed by atoms with van der Waals surface area (Å²) in [6, 6.07) is 4.82. The van der Waals surface area contributed by atoms with Crippen molar-refractivity contribution in [1.29, 1.82) is 0 Å². The molecule has 2 nitrogen and oxygen atoms in total. The molecule has 5 heteroatoms. The quantitative estimate of drug-likeness (QED) is 0.689. The standard InChI is InChI=1S/C16H20BrClFNO/c17-9-10-20(12-5-2-1-3-6-12)16(21)11-13-14(18)7-4-8-15(13)19/h4,7-8,12H,1-3,5-6,9-11H2. The van der Waals surface area contributed by atoms with Crippen molar-refractivity contribution in [3.8, 4) is 0 Å². The molecule has 0 atom stereocenters. The van der Waals surface area contributed by atoms with Crippen LogP contribution in [0.25, 0.3) is 0 Å². The average Bonchev–Trinajstić information content (AvgIpc) is 2.49. The van der Waals surface area contributed by atoms with Crippen LogP contribution in [0, 0.1) is 5.82 Å². The number of alkyl halides is 1. The van der Waals surface area contributed by atoms with Crippen molar-refractivity contribution in [3.05, 3.63) is 34.6 Å². The molecule has 1 saturated carbocycles. The molecule has 0 aromatic heterocycles. The van der Waals surface area contributed by atoms with E-state index in [-0.39, 0.29) is 18.4 Å². The summed E-state index contributed by atoms with van der Waals surface area (Å²) in [4.78, 5) is 14.5. The molecule has 0 radical (unpaired) electrons. The largest absolute Gasteiger partial charge is 0.339 e. The summed E-state index contributed by atoms with van der Waals surface area (Å²) in [5.74, 6) is -0.438. The molecule has 0 saturated heterocycles. The van der Waals surface area contributed by atoms with Gasteiger partial charge in [0, 0.05) is 28.5 Å². The van der Waals surface area contributed by atoms with Gasteiger partial charge in [-0.2, -0.15) is 0 Å². The molecular formula is C16H20BrClFNO. The number of halogens is 3. The lowest BCUT2D eigenvalue weighted by Gasteiger charge is -2.34. The molecule has 0 heterocycles. The molecule has 0 N–H and O–H groups in total. The number of carbonyl (C=O) groups is 1. The Kier molecular flexibility index (Phi) is 6.49. The van der Waals surface area contributed by atoms with Crippen molar-refractivity contribution in [1.82, 2.24) is 4.90 Å². The number of benzene rings is 1. The Hall–Kier alpha value is -0.610. The van der Waals surface area contributed by atoms with E-state index in [1.807, 2.05) is 4.90 Å². The number of hydrogen-bond donors (Lipinski definition) is 0. The average molecular weight is 377 g/mol. The third-order valence-corrected chi connectivity index (χ3v) is 4.76. The molecule has 0 spiro atoms. The molecule has 116 valence electrons. The summed E-state index contributed by atoms with van der Waals surface area (Å²) in [6.07, 6.45) is 5.70.